The molecule has 2 rings (SSSR count). The van der Waals surface area contributed by atoms with Crippen molar-refractivity contribution in [2.45, 2.75) is 25.4 Å². The lowest BCUT2D eigenvalue weighted by Gasteiger charge is -2.30. The maximum atomic E-state index is 5.30. The van der Waals surface area contributed by atoms with Gasteiger partial charge in [0.15, 0.2) is 0 Å². The number of rotatable bonds is 4. The van der Waals surface area contributed by atoms with E-state index < -0.39 is 0 Å². The molecule has 0 atom stereocenters. The molecule has 1 aliphatic heterocycles. The van der Waals surface area contributed by atoms with Gasteiger partial charge < -0.3 is 5.32 Å². The Morgan fingerprint density at radius 1 is 1.56 bits per heavy atom. The van der Waals surface area contributed by atoms with Gasteiger partial charge in [0, 0.05) is 37.3 Å². The van der Waals surface area contributed by atoms with Gasteiger partial charge in [0.1, 0.15) is 5.01 Å². The van der Waals surface area contributed by atoms with Crippen LogP contribution in [0.15, 0.2) is 11.6 Å². The zero-order valence-corrected chi connectivity index (χ0v) is 10.2. The van der Waals surface area contributed by atoms with E-state index in [4.69, 9.17) is 6.42 Å². The molecule has 0 aliphatic carbocycles. The highest BCUT2D eigenvalue weighted by atomic mass is 32.1. The molecule has 1 aliphatic rings. The summed E-state index contributed by atoms with van der Waals surface area (Å²) in [5, 5.41) is 6.75. The number of nitrogens with one attached hydrogen (secondary N) is 1. The maximum absolute atomic E-state index is 5.30. The molecular weight excluding hydrogens is 218 g/mol. The summed E-state index contributed by atoms with van der Waals surface area (Å²) < 4.78 is 0. The van der Waals surface area contributed by atoms with Gasteiger partial charge in [0.2, 0.25) is 0 Å². The van der Waals surface area contributed by atoms with Crippen LogP contribution < -0.4 is 5.32 Å². The van der Waals surface area contributed by atoms with Crippen molar-refractivity contribution in [3.63, 3.8) is 0 Å². The Kier molecular flexibility index (Phi) is 4.34. The number of hydrogen-bond acceptors (Lipinski definition) is 4. The Labute approximate surface area is 101 Å². The summed E-state index contributed by atoms with van der Waals surface area (Å²) in [5.41, 5.74) is 0. The zero-order valence-electron chi connectivity index (χ0n) is 9.35. The molecule has 3 nitrogen and oxygen atoms in total. The third-order valence-electron chi connectivity index (χ3n) is 2.93. The van der Waals surface area contributed by atoms with Crippen LogP contribution in [-0.2, 0) is 6.54 Å². The molecule has 1 aromatic heterocycles. The Balaban J connectivity index is 1.68. The van der Waals surface area contributed by atoms with Gasteiger partial charge in [-0.3, -0.25) is 4.90 Å². The second-order valence-electron chi connectivity index (χ2n) is 4.06. The van der Waals surface area contributed by atoms with E-state index in [0.717, 1.165) is 26.2 Å². The van der Waals surface area contributed by atoms with E-state index in [-0.39, 0.29) is 0 Å². The molecule has 0 spiro atoms. The van der Waals surface area contributed by atoms with Gasteiger partial charge in [-0.2, -0.15) is 0 Å². The number of thiazole rings is 1. The van der Waals surface area contributed by atoms with Crippen LogP contribution in [0.25, 0.3) is 0 Å². The first-order valence-electron chi connectivity index (χ1n) is 5.66. The van der Waals surface area contributed by atoms with E-state index in [0.29, 0.717) is 6.04 Å². The fourth-order valence-electron chi connectivity index (χ4n) is 2.00. The van der Waals surface area contributed by atoms with Crippen LogP contribution in [0.1, 0.15) is 17.8 Å². The van der Waals surface area contributed by atoms with Crippen molar-refractivity contribution in [3.05, 3.63) is 16.6 Å². The van der Waals surface area contributed by atoms with E-state index in [1.165, 1.54) is 17.8 Å². The summed E-state index contributed by atoms with van der Waals surface area (Å²) in [6.45, 7) is 3.91. The van der Waals surface area contributed by atoms with Crippen molar-refractivity contribution >= 4 is 11.3 Å². The lowest BCUT2D eigenvalue weighted by atomic mass is 10.1. The minimum atomic E-state index is 0.623. The van der Waals surface area contributed by atoms with Crippen LogP contribution in [0.2, 0.25) is 0 Å². The summed E-state index contributed by atoms with van der Waals surface area (Å²) in [4.78, 5) is 6.60. The molecule has 1 saturated heterocycles. The van der Waals surface area contributed by atoms with Gasteiger partial charge in [-0.15, -0.1) is 17.8 Å². The van der Waals surface area contributed by atoms with Crippen LogP contribution in [0, 0.1) is 12.3 Å². The zero-order chi connectivity index (χ0) is 11.2. The van der Waals surface area contributed by atoms with Gasteiger partial charge in [-0.25, -0.2) is 4.98 Å². The number of aromatic nitrogens is 1. The van der Waals surface area contributed by atoms with Crippen LogP contribution >= 0.6 is 11.3 Å². The van der Waals surface area contributed by atoms with E-state index in [1.807, 2.05) is 11.6 Å². The second-order valence-corrected chi connectivity index (χ2v) is 5.04. The molecule has 2 heterocycles. The minimum Gasteiger partial charge on any atom is -0.308 e. The summed E-state index contributed by atoms with van der Waals surface area (Å²) in [6, 6.07) is 0.623. The first-order valence-corrected chi connectivity index (χ1v) is 6.54. The molecule has 16 heavy (non-hydrogen) atoms. The van der Waals surface area contributed by atoms with Crippen LogP contribution in [0.5, 0.6) is 0 Å². The largest absolute Gasteiger partial charge is 0.308 e. The predicted molar refractivity (Wildman–Crippen MR) is 67.2 cm³/mol. The second kappa shape index (κ2) is 6.00. The molecule has 0 radical (unpaired) electrons. The molecule has 4 heteroatoms. The molecule has 1 aromatic rings. The fourth-order valence-corrected chi connectivity index (χ4v) is 2.56. The first-order chi connectivity index (χ1) is 7.88. The fraction of sp³-hybridized carbons (Fsp3) is 0.583. The van der Waals surface area contributed by atoms with Crippen molar-refractivity contribution in [1.29, 1.82) is 0 Å². The quantitative estimate of drug-likeness (QED) is 0.798. The van der Waals surface area contributed by atoms with Crippen LogP contribution in [0.4, 0.5) is 0 Å². The SMILES string of the molecule is C#CCN1CCC(NCc2nccs2)CC1. The average molecular weight is 235 g/mol. The Morgan fingerprint density at radius 3 is 3.00 bits per heavy atom. The predicted octanol–water partition coefficient (Wildman–Crippen LogP) is 1.33. The number of terminal acetylenes is 1. The van der Waals surface area contributed by atoms with Crippen LogP contribution in [-0.4, -0.2) is 35.6 Å². The number of nitrogens with zero attached hydrogens (tertiary/aromatic N) is 2. The number of piperidine rings is 1. The third-order valence-corrected chi connectivity index (χ3v) is 3.71. The van der Waals surface area contributed by atoms with Gasteiger partial charge in [-0.05, 0) is 12.8 Å². The molecule has 1 fully saturated rings. The molecular formula is C12H17N3S. The Bertz CT molecular complexity index is 334. The normalized spacial score (nSPS) is 18.4. The number of hydrogen-bond donors (Lipinski definition) is 1. The lowest BCUT2D eigenvalue weighted by Crippen LogP contribution is -2.42. The van der Waals surface area contributed by atoms with Crippen molar-refractivity contribution in [2.75, 3.05) is 19.6 Å². The highest BCUT2D eigenvalue weighted by Crippen LogP contribution is 2.11. The first kappa shape index (κ1) is 11.6. The van der Waals surface area contributed by atoms with Gasteiger partial charge in [0.05, 0.1) is 6.54 Å². The van der Waals surface area contributed by atoms with E-state index >= 15 is 0 Å². The highest BCUT2D eigenvalue weighted by Gasteiger charge is 2.17. The summed E-state index contributed by atoms with van der Waals surface area (Å²) in [7, 11) is 0. The van der Waals surface area contributed by atoms with Crippen LogP contribution in [0.3, 0.4) is 0 Å². The Morgan fingerprint density at radius 2 is 2.38 bits per heavy atom. The minimum absolute atomic E-state index is 0.623. The van der Waals surface area contributed by atoms with Gasteiger partial charge in [-0.1, -0.05) is 5.92 Å². The van der Waals surface area contributed by atoms with Crippen molar-refractivity contribution in [1.82, 2.24) is 15.2 Å². The highest BCUT2D eigenvalue weighted by molar-refractivity contribution is 7.09. The van der Waals surface area contributed by atoms with Crippen molar-refractivity contribution in [3.8, 4) is 12.3 Å². The topological polar surface area (TPSA) is 28.2 Å². The monoisotopic (exact) mass is 235 g/mol. The lowest BCUT2D eigenvalue weighted by molar-refractivity contribution is 0.217. The number of likely N-dealkylation sites (tertiary alicyclic amines) is 1. The smallest absolute Gasteiger partial charge is 0.106 e. The average Bonchev–Trinajstić information content (AvgIpc) is 2.82. The standard InChI is InChI=1S/C12H17N3S/c1-2-6-15-7-3-11(4-8-15)14-10-12-13-5-9-16-12/h1,5,9,11,14H,3-4,6-8,10H2. The third kappa shape index (κ3) is 3.31. The molecule has 0 aromatic carbocycles. The molecule has 0 bridgehead atoms. The summed E-state index contributed by atoms with van der Waals surface area (Å²) >= 11 is 1.71. The van der Waals surface area contributed by atoms with E-state index in [1.54, 1.807) is 11.3 Å². The molecule has 86 valence electrons. The van der Waals surface area contributed by atoms with Crippen molar-refractivity contribution in [2.24, 2.45) is 0 Å². The molecule has 0 saturated carbocycles. The molecule has 1 N–H and O–H groups in total. The summed E-state index contributed by atoms with van der Waals surface area (Å²) in [6.07, 6.45) is 9.54. The van der Waals surface area contributed by atoms with E-state index in [9.17, 15) is 0 Å². The van der Waals surface area contributed by atoms with Gasteiger partial charge in [0.25, 0.3) is 0 Å². The molecule has 0 unspecified atom stereocenters. The Hall–Kier alpha value is -0.890. The summed E-state index contributed by atoms with van der Waals surface area (Å²) in [5.74, 6) is 2.70. The van der Waals surface area contributed by atoms with Crippen molar-refractivity contribution < 1.29 is 0 Å². The maximum Gasteiger partial charge on any atom is 0.106 e. The van der Waals surface area contributed by atoms with E-state index in [2.05, 4.69) is 21.1 Å². The van der Waals surface area contributed by atoms with Gasteiger partial charge >= 0.3 is 0 Å². The molecule has 0 amide bonds.